The third-order valence-electron chi connectivity index (χ3n) is 4.74. The maximum absolute atomic E-state index is 12.5. The summed E-state index contributed by atoms with van der Waals surface area (Å²) in [4.78, 5) is 12.5. The number of aryl methyl sites for hydroxylation is 1. The van der Waals surface area contributed by atoms with Crippen molar-refractivity contribution < 1.29 is 9.53 Å². The third kappa shape index (κ3) is 5.17. The number of thioether (sulfide) groups is 1. The summed E-state index contributed by atoms with van der Waals surface area (Å²) in [5.41, 5.74) is 3.28. The number of carbonyl (C=O) groups is 1. The summed E-state index contributed by atoms with van der Waals surface area (Å²) in [5, 5.41) is 12.3. The molecule has 1 aromatic heterocycles. The van der Waals surface area contributed by atoms with Crippen molar-refractivity contribution in [2.75, 3.05) is 12.9 Å². The molecular weight excluding hydrogens is 384 g/mol. The third-order valence-corrected chi connectivity index (χ3v) is 5.76. The fourth-order valence-corrected chi connectivity index (χ4v) is 3.74. The lowest BCUT2D eigenvalue weighted by molar-refractivity contribution is -0.119. The number of methoxy groups -OCH3 is 1. The number of nitrogens with zero attached hydrogens (tertiary/aromatic N) is 3. The highest BCUT2D eigenvalue weighted by Crippen LogP contribution is 2.24. The molecule has 3 rings (SSSR count). The van der Waals surface area contributed by atoms with E-state index in [4.69, 9.17) is 4.74 Å². The molecule has 0 fully saturated rings. The Morgan fingerprint density at radius 2 is 1.83 bits per heavy atom. The number of carbonyl (C=O) groups excluding carboxylic acids is 1. The molecule has 0 aliphatic rings. The molecule has 0 radical (unpaired) electrons. The Kier molecular flexibility index (Phi) is 6.93. The van der Waals surface area contributed by atoms with Crippen molar-refractivity contribution in [3.8, 4) is 17.1 Å². The quantitative estimate of drug-likeness (QED) is 0.565. The molecule has 0 bridgehead atoms. The summed E-state index contributed by atoms with van der Waals surface area (Å²) in [5.74, 6) is 1.82. The summed E-state index contributed by atoms with van der Waals surface area (Å²) < 4.78 is 7.09. The van der Waals surface area contributed by atoms with Crippen LogP contribution >= 0.6 is 11.8 Å². The normalized spacial score (nSPS) is 11.9. The Labute approximate surface area is 175 Å². The SMILES string of the molecule is CC[C@@H](NC(=O)CSc1nnc(-c2ccc(OC)cc2)n1C)c1ccc(C)cc1. The van der Waals surface area contributed by atoms with Crippen LogP contribution in [0.25, 0.3) is 11.4 Å². The van der Waals surface area contributed by atoms with Gasteiger partial charge >= 0.3 is 0 Å². The van der Waals surface area contributed by atoms with Gasteiger partial charge in [-0.2, -0.15) is 0 Å². The van der Waals surface area contributed by atoms with E-state index < -0.39 is 0 Å². The fraction of sp³-hybridized carbons (Fsp3) is 0.318. The van der Waals surface area contributed by atoms with E-state index in [0.29, 0.717) is 5.16 Å². The van der Waals surface area contributed by atoms with Crippen LogP contribution in [0, 0.1) is 6.92 Å². The molecule has 1 atom stereocenters. The van der Waals surface area contributed by atoms with Crippen LogP contribution in [0.5, 0.6) is 5.75 Å². The first-order valence-corrected chi connectivity index (χ1v) is 10.5. The van der Waals surface area contributed by atoms with Crippen LogP contribution in [0.1, 0.15) is 30.5 Å². The zero-order valence-electron chi connectivity index (χ0n) is 17.2. The first-order valence-electron chi connectivity index (χ1n) is 9.54. The number of ether oxygens (including phenoxy) is 1. The van der Waals surface area contributed by atoms with Crippen LogP contribution in [-0.2, 0) is 11.8 Å². The molecule has 7 heteroatoms. The van der Waals surface area contributed by atoms with Crippen molar-refractivity contribution in [1.29, 1.82) is 0 Å². The molecule has 0 saturated carbocycles. The van der Waals surface area contributed by atoms with Crippen LogP contribution in [0.4, 0.5) is 0 Å². The molecule has 0 spiro atoms. The van der Waals surface area contributed by atoms with E-state index in [9.17, 15) is 4.79 Å². The molecule has 1 heterocycles. The smallest absolute Gasteiger partial charge is 0.230 e. The molecule has 29 heavy (non-hydrogen) atoms. The summed E-state index contributed by atoms with van der Waals surface area (Å²) in [7, 11) is 3.54. The van der Waals surface area contributed by atoms with E-state index in [1.807, 2.05) is 35.9 Å². The molecule has 152 valence electrons. The first-order chi connectivity index (χ1) is 14.0. The van der Waals surface area contributed by atoms with Crippen molar-refractivity contribution >= 4 is 17.7 Å². The highest BCUT2D eigenvalue weighted by molar-refractivity contribution is 7.99. The monoisotopic (exact) mass is 410 g/mol. The van der Waals surface area contributed by atoms with Gasteiger partial charge in [-0.15, -0.1) is 10.2 Å². The predicted molar refractivity (Wildman–Crippen MR) is 116 cm³/mol. The van der Waals surface area contributed by atoms with Gasteiger partial charge in [-0.25, -0.2) is 0 Å². The van der Waals surface area contributed by atoms with E-state index in [-0.39, 0.29) is 17.7 Å². The zero-order chi connectivity index (χ0) is 20.8. The van der Waals surface area contributed by atoms with Gasteiger partial charge in [-0.05, 0) is 43.2 Å². The number of hydrogen-bond donors (Lipinski definition) is 1. The van der Waals surface area contributed by atoms with Gasteiger partial charge in [0.15, 0.2) is 11.0 Å². The lowest BCUT2D eigenvalue weighted by Crippen LogP contribution is -2.29. The highest BCUT2D eigenvalue weighted by atomic mass is 32.2. The van der Waals surface area contributed by atoms with Gasteiger partial charge in [0.05, 0.1) is 18.9 Å². The number of rotatable bonds is 8. The Morgan fingerprint density at radius 1 is 1.14 bits per heavy atom. The van der Waals surface area contributed by atoms with E-state index in [1.54, 1.807) is 7.11 Å². The second-order valence-electron chi connectivity index (χ2n) is 6.82. The average Bonchev–Trinajstić information content (AvgIpc) is 3.11. The maximum Gasteiger partial charge on any atom is 0.230 e. The average molecular weight is 411 g/mol. The van der Waals surface area contributed by atoms with Gasteiger partial charge in [0.1, 0.15) is 5.75 Å². The fourth-order valence-electron chi connectivity index (χ4n) is 3.02. The van der Waals surface area contributed by atoms with Crippen molar-refractivity contribution in [3.63, 3.8) is 0 Å². The highest BCUT2D eigenvalue weighted by Gasteiger charge is 2.16. The van der Waals surface area contributed by atoms with Crippen LogP contribution < -0.4 is 10.1 Å². The van der Waals surface area contributed by atoms with E-state index in [1.165, 1.54) is 17.3 Å². The largest absolute Gasteiger partial charge is 0.497 e. The van der Waals surface area contributed by atoms with Crippen molar-refractivity contribution in [2.24, 2.45) is 7.05 Å². The molecule has 1 N–H and O–H groups in total. The number of hydrogen-bond acceptors (Lipinski definition) is 5. The number of amides is 1. The van der Waals surface area contributed by atoms with Gasteiger partial charge < -0.3 is 14.6 Å². The number of aromatic nitrogens is 3. The van der Waals surface area contributed by atoms with Crippen LogP contribution in [-0.4, -0.2) is 33.5 Å². The summed E-state index contributed by atoms with van der Waals surface area (Å²) >= 11 is 1.38. The molecule has 1 amide bonds. The zero-order valence-corrected chi connectivity index (χ0v) is 18.0. The Bertz CT molecular complexity index is 952. The van der Waals surface area contributed by atoms with Gasteiger partial charge in [-0.3, -0.25) is 4.79 Å². The lowest BCUT2D eigenvalue weighted by atomic mass is 10.0. The van der Waals surface area contributed by atoms with E-state index in [0.717, 1.165) is 29.1 Å². The molecule has 0 aliphatic carbocycles. The molecular formula is C22H26N4O2S. The maximum atomic E-state index is 12.5. The summed E-state index contributed by atoms with van der Waals surface area (Å²) in [6, 6.07) is 16.0. The molecule has 2 aromatic carbocycles. The van der Waals surface area contributed by atoms with Gasteiger partial charge in [0.2, 0.25) is 5.91 Å². The second-order valence-corrected chi connectivity index (χ2v) is 7.76. The van der Waals surface area contributed by atoms with Crippen molar-refractivity contribution in [3.05, 3.63) is 59.7 Å². The van der Waals surface area contributed by atoms with Crippen LogP contribution in [0.15, 0.2) is 53.7 Å². The van der Waals surface area contributed by atoms with Crippen molar-refractivity contribution in [2.45, 2.75) is 31.5 Å². The topological polar surface area (TPSA) is 69.0 Å². The number of benzene rings is 2. The number of nitrogens with one attached hydrogen (secondary N) is 1. The van der Waals surface area contributed by atoms with Gasteiger partial charge in [-0.1, -0.05) is 48.5 Å². The minimum absolute atomic E-state index is 0.0121. The van der Waals surface area contributed by atoms with Gasteiger partial charge in [0, 0.05) is 12.6 Å². The van der Waals surface area contributed by atoms with Crippen molar-refractivity contribution in [1.82, 2.24) is 20.1 Å². The Balaban J connectivity index is 1.61. The minimum Gasteiger partial charge on any atom is -0.497 e. The van der Waals surface area contributed by atoms with E-state index >= 15 is 0 Å². The molecule has 0 saturated heterocycles. The Hall–Kier alpha value is -2.80. The predicted octanol–water partition coefficient (Wildman–Crippen LogP) is 4.16. The Morgan fingerprint density at radius 3 is 2.45 bits per heavy atom. The standard InChI is InChI=1S/C22H26N4O2S/c1-5-19(16-8-6-15(2)7-9-16)23-20(27)14-29-22-25-24-21(26(22)3)17-10-12-18(28-4)13-11-17/h6-13,19H,5,14H2,1-4H3,(H,23,27)/t19-/m1/s1. The second kappa shape index (κ2) is 9.60. The van der Waals surface area contributed by atoms with Crippen LogP contribution in [0.3, 0.4) is 0 Å². The van der Waals surface area contributed by atoms with Gasteiger partial charge in [0.25, 0.3) is 0 Å². The first kappa shape index (κ1) is 20.9. The lowest BCUT2D eigenvalue weighted by Gasteiger charge is -2.17. The molecule has 3 aromatic rings. The molecule has 0 aliphatic heterocycles. The van der Waals surface area contributed by atoms with E-state index in [2.05, 4.69) is 53.6 Å². The molecule has 6 nitrogen and oxygen atoms in total. The minimum atomic E-state index is -0.0172. The summed E-state index contributed by atoms with van der Waals surface area (Å²) in [6.07, 6.45) is 0.838. The molecule has 0 unspecified atom stereocenters. The summed E-state index contributed by atoms with van der Waals surface area (Å²) in [6.45, 7) is 4.13. The van der Waals surface area contributed by atoms with Crippen LogP contribution in [0.2, 0.25) is 0 Å².